The van der Waals surface area contributed by atoms with Crippen molar-refractivity contribution in [2.75, 3.05) is 7.11 Å². The number of rotatable bonds is 4. The molecule has 4 atom stereocenters. The zero-order chi connectivity index (χ0) is 19.8. The van der Waals surface area contributed by atoms with Gasteiger partial charge >= 0.3 is 11.7 Å². The predicted molar refractivity (Wildman–Crippen MR) is 93.3 cm³/mol. The number of nitrogens with two attached hydrogens (primary N) is 1. The summed E-state index contributed by atoms with van der Waals surface area (Å²) < 4.78 is 27.2. The molecule has 0 spiro atoms. The number of hydrogen-bond acceptors (Lipinski definition) is 8. The van der Waals surface area contributed by atoms with Crippen LogP contribution in [0.25, 0.3) is 11.0 Å². The highest BCUT2D eigenvalue weighted by atomic mass is 16.7. The maximum Gasteiger partial charge on any atom is 0.404 e. The molecular weight excluding hydrogens is 358 g/mol. The van der Waals surface area contributed by atoms with Crippen molar-refractivity contribution in [2.45, 2.75) is 44.1 Å². The number of fused-ring (bicyclic) bond motifs is 1. The summed E-state index contributed by atoms with van der Waals surface area (Å²) in [5.41, 5.74) is 3.80. The summed E-state index contributed by atoms with van der Waals surface area (Å²) in [6.45, 7) is 3.40. The smallest absolute Gasteiger partial charge is 0.404 e. The molecule has 1 fully saturated rings. The highest BCUT2D eigenvalue weighted by Crippen LogP contribution is 2.35. The fraction of sp³-hybridized carbons (Fsp3) is 0.444. The summed E-state index contributed by atoms with van der Waals surface area (Å²) in [7, 11) is 1.40. The molecule has 146 valence electrons. The van der Waals surface area contributed by atoms with Gasteiger partial charge in [-0.2, -0.15) is 0 Å². The largest absolute Gasteiger partial charge is 0.458 e. The zero-order valence-corrected chi connectivity index (χ0v) is 15.1. The number of ether oxygens (including phenoxy) is 4. The van der Waals surface area contributed by atoms with Crippen LogP contribution in [-0.4, -0.2) is 48.5 Å². The van der Waals surface area contributed by atoms with E-state index in [9.17, 15) is 14.7 Å². The minimum Gasteiger partial charge on any atom is -0.458 e. The van der Waals surface area contributed by atoms with Gasteiger partial charge in [0.2, 0.25) is 6.29 Å². The van der Waals surface area contributed by atoms with E-state index in [1.54, 1.807) is 38.1 Å². The molecule has 1 aliphatic heterocycles. The van der Waals surface area contributed by atoms with Crippen molar-refractivity contribution in [3.8, 4) is 5.75 Å². The van der Waals surface area contributed by atoms with E-state index in [0.717, 1.165) is 0 Å². The summed E-state index contributed by atoms with van der Waals surface area (Å²) in [6, 6.07) is 7.90. The van der Waals surface area contributed by atoms with E-state index in [0.29, 0.717) is 5.39 Å². The van der Waals surface area contributed by atoms with Crippen LogP contribution in [0.1, 0.15) is 13.8 Å². The molecule has 1 aromatic heterocycles. The lowest BCUT2D eigenvalue weighted by Crippen LogP contribution is -2.65. The van der Waals surface area contributed by atoms with Crippen LogP contribution in [0.15, 0.2) is 39.5 Å². The third-order valence-corrected chi connectivity index (χ3v) is 4.38. The Morgan fingerprint density at radius 1 is 1.26 bits per heavy atom. The molecule has 3 N–H and O–H groups in total. The highest BCUT2D eigenvalue weighted by molar-refractivity contribution is 5.82. The Morgan fingerprint density at radius 3 is 2.67 bits per heavy atom. The lowest BCUT2D eigenvalue weighted by atomic mass is 9.89. The Kier molecular flexibility index (Phi) is 5.09. The maximum absolute atomic E-state index is 11.6. The van der Waals surface area contributed by atoms with Crippen LogP contribution in [0.2, 0.25) is 0 Å². The van der Waals surface area contributed by atoms with E-state index in [1.807, 2.05) is 0 Å². The molecule has 27 heavy (non-hydrogen) atoms. The van der Waals surface area contributed by atoms with E-state index >= 15 is 0 Å². The van der Waals surface area contributed by atoms with E-state index in [-0.39, 0.29) is 11.3 Å². The van der Waals surface area contributed by atoms with Crippen molar-refractivity contribution in [3.63, 3.8) is 0 Å². The monoisotopic (exact) mass is 379 g/mol. The van der Waals surface area contributed by atoms with Gasteiger partial charge in [0, 0.05) is 18.6 Å². The number of primary amides is 1. The number of benzene rings is 1. The van der Waals surface area contributed by atoms with Crippen LogP contribution in [0.5, 0.6) is 5.75 Å². The molecule has 0 bridgehead atoms. The second-order valence-corrected chi connectivity index (χ2v) is 6.68. The number of aliphatic hydroxyl groups excluding tert-OH is 1. The van der Waals surface area contributed by atoms with Gasteiger partial charge in [0.05, 0.1) is 5.60 Å². The van der Waals surface area contributed by atoms with Crippen molar-refractivity contribution in [1.82, 2.24) is 0 Å². The maximum atomic E-state index is 11.6. The molecule has 1 saturated heterocycles. The van der Waals surface area contributed by atoms with E-state index in [4.69, 9.17) is 29.1 Å². The molecule has 9 heteroatoms. The molecular formula is C18H21NO8. The third-order valence-electron chi connectivity index (χ3n) is 4.38. The molecule has 9 nitrogen and oxygen atoms in total. The average Bonchev–Trinajstić information content (AvgIpc) is 2.59. The van der Waals surface area contributed by atoms with Gasteiger partial charge < -0.3 is 34.2 Å². The van der Waals surface area contributed by atoms with Crippen LogP contribution in [-0.2, 0) is 14.2 Å². The van der Waals surface area contributed by atoms with Gasteiger partial charge in [-0.05, 0) is 26.0 Å². The van der Waals surface area contributed by atoms with E-state index < -0.39 is 41.9 Å². The fourth-order valence-electron chi connectivity index (χ4n) is 3.23. The molecule has 2 aromatic rings. The van der Waals surface area contributed by atoms with Gasteiger partial charge in [0.15, 0.2) is 23.5 Å². The van der Waals surface area contributed by atoms with Crippen molar-refractivity contribution in [2.24, 2.45) is 5.73 Å². The first kappa shape index (κ1) is 19.2. The first-order valence-corrected chi connectivity index (χ1v) is 8.27. The Morgan fingerprint density at radius 2 is 2.00 bits per heavy atom. The second kappa shape index (κ2) is 7.18. The summed E-state index contributed by atoms with van der Waals surface area (Å²) in [5, 5.41) is 11.3. The lowest BCUT2D eigenvalue weighted by Gasteiger charge is -2.47. The number of carbonyl (C=O) groups is 1. The number of methoxy groups -OCH3 is 1. The number of carbonyl (C=O) groups excluding carboxylic acids is 1. The molecule has 1 aromatic carbocycles. The molecule has 1 aliphatic rings. The Hall–Kier alpha value is -2.62. The van der Waals surface area contributed by atoms with Crippen LogP contribution in [0.3, 0.4) is 0 Å². The molecule has 2 heterocycles. The number of aliphatic hydroxyl groups is 1. The Bertz CT molecular complexity index is 892. The molecule has 1 amide bonds. The van der Waals surface area contributed by atoms with Crippen LogP contribution < -0.4 is 16.1 Å². The Balaban J connectivity index is 1.96. The highest BCUT2D eigenvalue weighted by Gasteiger charge is 2.53. The summed E-state index contributed by atoms with van der Waals surface area (Å²) in [5.74, 6) is 0.193. The van der Waals surface area contributed by atoms with Crippen molar-refractivity contribution in [1.29, 1.82) is 0 Å². The average molecular weight is 379 g/mol. The molecule has 3 rings (SSSR count). The lowest BCUT2D eigenvalue weighted by molar-refractivity contribution is -0.304. The van der Waals surface area contributed by atoms with Gasteiger partial charge in [-0.15, -0.1) is 0 Å². The molecule has 0 saturated carbocycles. The van der Waals surface area contributed by atoms with Crippen LogP contribution in [0.4, 0.5) is 4.79 Å². The minimum absolute atomic E-state index is 0.193. The number of amides is 1. The van der Waals surface area contributed by atoms with Gasteiger partial charge in [-0.3, -0.25) is 0 Å². The standard InChI is InChI=1S/C18H21NO8/c1-18(2)15(23-3)14(26-17(19)22)12(21)16(27-18)24-10-6-4-5-9-7-8-11(20)25-13(9)10/h4-8,12,14-16,21H,1-3H3,(H2,19,22)/t12-,14?,15+,16?/m0/s1. The third kappa shape index (κ3) is 3.75. The molecule has 0 aliphatic carbocycles. The first-order valence-electron chi connectivity index (χ1n) is 8.27. The van der Waals surface area contributed by atoms with Crippen LogP contribution >= 0.6 is 0 Å². The van der Waals surface area contributed by atoms with Gasteiger partial charge in [-0.1, -0.05) is 12.1 Å². The van der Waals surface area contributed by atoms with Crippen molar-refractivity contribution < 1.29 is 33.3 Å². The zero-order valence-electron chi connectivity index (χ0n) is 15.1. The number of para-hydroxylation sites is 1. The summed E-state index contributed by atoms with van der Waals surface area (Å²) in [4.78, 5) is 22.8. The predicted octanol–water partition coefficient (Wildman–Crippen LogP) is 1.15. The van der Waals surface area contributed by atoms with Gasteiger partial charge in [0.25, 0.3) is 0 Å². The minimum atomic E-state index is -1.40. The molecule has 2 unspecified atom stereocenters. The molecule has 0 radical (unpaired) electrons. The van der Waals surface area contributed by atoms with E-state index in [2.05, 4.69) is 0 Å². The number of hydrogen-bond donors (Lipinski definition) is 2. The van der Waals surface area contributed by atoms with Gasteiger partial charge in [-0.25, -0.2) is 9.59 Å². The SMILES string of the molecule is CO[C@@H]1C(OC(N)=O)[C@H](O)C(Oc2cccc3ccc(=O)oc23)OC1(C)C. The normalized spacial score (nSPS) is 27.3. The summed E-state index contributed by atoms with van der Waals surface area (Å²) >= 11 is 0. The topological polar surface area (TPSA) is 130 Å². The summed E-state index contributed by atoms with van der Waals surface area (Å²) in [6.07, 6.45) is -5.60. The second-order valence-electron chi connectivity index (χ2n) is 6.68. The van der Waals surface area contributed by atoms with Crippen molar-refractivity contribution >= 4 is 17.1 Å². The first-order chi connectivity index (χ1) is 12.7. The van der Waals surface area contributed by atoms with E-state index in [1.165, 1.54) is 13.2 Å². The quantitative estimate of drug-likeness (QED) is 0.757. The van der Waals surface area contributed by atoms with Crippen LogP contribution in [0, 0.1) is 0 Å². The van der Waals surface area contributed by atoms with Gasteiger partial charge in [0.1, 0.15) is 6.10 Å². The van der Waals surface area contributed by atoms with Crippen molar-refractivity contribution in [3.05, 3.63) is 40.8 Å². The fourth-order valence-corrected chi connectivity index (χ4v) is 3.23. The Labute approximate surface area is 154 Å².